The first kappa shape index (κ1) is 13.4. The van der Waals surface area contributed by atoms with Gasteiger partial charge >= 0.3 is 5.97 Å². The van der Waals surface area contributed by atoms with Gasteiger partial charge < -0.3 is 15.7 Å². The summed E-state index contributed by atoms with van der Waals surface area (Å²) in [6, 6.07) is 7.52. The minimum Gasteiger partial charge on any atom is -0.481 e. The summed E-state index contributed by atoms with van der Waals surface area (Å²) in [6.45, 7) is 1.14. The summed E-state index contributed by atoms with van der Waals surface area (Å²) in [5, 5.41) is 8.64. The van der Waals surface area contributed by atoms with Gasteiger partial charge in [0.05, 0.1) is 6.42 Å². The number of carboxylic acids is 1. The van der Waals surface area contributed by atoms with E-state index in [0.717, 1.165) is 5.56 Å². The van der Waals surface area contributed by atoms with Crippen LogP contribution in [0.3, 0.4) is 0 Å². The van der Waals surface area contributed by atoms with Crippen LogP contribution in [0.2, 0.25) is 0 Å². The Hall–Kier alpha value is -2.04. The second kappa shape index (κ2) is 5.73. The molecule has 1 aliphatic heterocycles. The summed E-state index contributed by atoms with van der Waals surface area (Å²) in [6.07, 6.45) is 1.27. The van der Waals surface area contributed by atoms with Gasteiger partial charge in [-0.25, -0.2) is 0 Å². The van der Waals surface area contributed by atoms with Crippen molar-refractivity contribution in [1.29, 1.82) is 0 Å². The maximum Gasteiger partial charge on any atom is 0.303 e. The Morgan fingerprint density at radius 1 is 1.37 bits per heavy atom. The summed E-state index contributed by atoms with van der Waals surface area (Å²) in [4.78, 5) is 24.1. The van der Waals surface area contributed by atoms with Gasteiger partial charge in [0, 0.05) is 31.1 Å². The van der Waals surface area contributed by atoms with E-state index >= 15 is 0 Å². The average molecular weight is 262 g/mol. The molecule has 1 amide bonds. The molecule has 1 aliphatic rings. The highest BCUT2D eigenvalue weighted by molar-refractivity contribution is 5.77. The highest BCUT2D eigenvalue weighted by Gasteiger charge is 2.31. The van der Waals surface area contributed by atoms with E-state index in [9.17, 15) is 9.59 Å². The van der Waals surface area contributed by atoms with Crippen molar-refractivity contribution in [3.8, 4) is 0 Å². The number of carbonyl (C=O) groups excluding carboxylic acids is 1. The molecule has 0 saturated carbocycles. The molecule has 0 aromatic heterocycles. The van der Waals surface area contributed by atoms with E-state index in [1.807, 2.05) is 24.3 Å². The monoisotopic (exact) mass is 262 g/mol. The molecule has 1 aromatic carbocycles. The fraction of sp³-hybridized carbons (Fsp3) is 0.429. The molecule has 2 rings (SSSR count). The van der Waals surface area contributed by atoms with Crippen molar-refractivity contribution in [2.24, 2.45) is 5.92 Å². The van der Waals surface area contributed by atoms with Gasteiger partial charge in [-0.15, -0.1) is 0 Å². The zero-order valence-corrected chi connectivity index (χ0v) is 10.7. The number of nitrogen functional groups attached to an aromatic ring is 1. The van der Waals surface area contributed by atoms with E-state index in [-0.39, 0.29) is 18.2 Å². The number of nitrogens with zero attached hydrogens (tertiary/aromatic N) is 1. The van der Waals surface area contributed by atoms with Crippen LogP contribution in [-0.2, 0) is 16.0 Å². The molecule has 0 unspecified atom stereocenters. The van der Waals surface area contributed by atoms with Gasteiger partial charge in [0.25, 0.3) is 0 Å². The Bertz CT molecular complexity index is 481. The third-order valence-corrected chi connectivity index (χ3v) is 3.35. The number of aliphatic carboxylic acids is 1. The second-order valence-electron chi connectivity index (χ2n) is 5.01. The molecule has 1 heterocycles. The third-order valence-electron chi connectivity index (χ3n) is 3.35. The Labute approximate surface area is 112 Å². The Morgan fingerprint density at radius 3 is 2.74 bits per heavy atom. The number of aryl methyl sites for hydroxylation is 1. The quantitative estimate of drug-likeness (QED) is 0.779. The highest BCUT2D eigenvalue weighted by atomic mass is 16.4. The van der Waals surface area contributed by atoms with Gasteiger partial charge in [0.15, 0.2) is 0 Å². The minimum atomic E-state index is -0.795. The third kappa shape index (κ3) is 3.71. The zero-order valence-electron chi connectivity index (χ0n) is 10.7. The van der Waals surface area contributed by atoms with Crippen molar-refractivity contribution < 1.29 is 14.7 Å². The fourth-order valence-corrected chi connectivity index (χ4v) is 2.31. The summed E-state index contributed by atoms with van der Waals surface area (Å²) >= 11 is 0. The molecular formula is C14H18N2O3. The van der Waals surface area contributed by atoms with E-state index < -0.39 is 5.97 Å². The molecule has 5 nitrogen and oxygen atoms in total. The lowest BCUT2D eigenvalue weighted by molar-refractivity contribution is -0.145. The molecule has 1 saturated heterocycles. The van der Waals surface area contributed by atoms with Crippen LogP contribution >= 0.6 is 0 Å². The van der Waals surface area contributed by atoms with E-state index in [2.05, 4.69) is 0 Å². The van der Waals surface area contributed by atoms with Crippen molar-refractivity contribution >= 4 is 17.6 Å². The van der Waals surface area contributed by atoms with Gasteiger partial charge in [0.2, 0.25) is 5.91 Å². The SMILES string of the molecule is Nc1cccc(CCC(=O)N2CC(CC(=O)O)C2)c1. The van der Waals surface area contributed by atoms with Crippen molar-refractivity contribution in [3.63, 3.8) is 0 Å². The van der Waals surface area contributed by atoms with E-state index in [4.69, 9.17) is 10.8 Å². The van der Waals surface area contributed by atoms with Crippen LogP contribution < -0.4 is 5.73 Å². The van der Waals surface area contributed by atoms with Gasteiger partial charge in [-0.2, -0.15) is 0 Å². The molecule has 0 atom stereocenters. The first-order chi connectivity index (χ1) is 9.04. The fourth-order valence-electron chi connectivity index (χ4n) is 2.31. The highest BCUT2D eigenvalue weighted by Crippen LogP contribution is 2.20. The van der Waals surface area contributed by atoms with Gasteiger partial charge in [-0.1, -0.05) is 12.1 Å². The summed E-state index contributed by atoms with van der Waals surface area (Å²) in [5.41, 5.74) is 7.43. The van der Waals surface area contributed by atoms with Crippen molar-refractivity contribution in [3.05, 3.63) is 29.8 Å². The minimum absolute atomic E-state index is 0.0871. The van der Waals surface area contributed by atoms with Crippen LogP contribution in [0.15, 0.2) is 24.3 Å². The first-order valence-electron chi connectivity index (χ1n) is 6.38. The van der Waals surface area contributed by atoms with Crippen molar-refractivity contribution in [2.45, 2.75) is 19.3 Å². The van der Waals surface area contributed by atoms with Gasteiger partial charge in [-0.05, 0) is 24.1 Å². The summed E-state index contributed by atoms with van der Waals surface area (Å²) in [7, 11) is 0. The van der Waals surface area contributed by atoms with E-state index in [1.54, 1.807) is 4.90 Å². The smallest absolute Gasteiger partial charge is 0.303 e. The lowest BCUT2D eigenvalue weighted by Crippen LogP contribution is -2.50. The molecule has 0 bridgehead atoms. The number of rotatable bonds is 5. The summed E-state index contributed by atoms with van der Waals surface area (Å²) < 4.78 is 0. The van der Waals surface area contributed by atoms with Crippen LogP contribution in [0.5, 0.6) is 0 Å². The standard InChI is InChI=1S/C14H18N2O3/c15-12-3-1-2-10(6-12)4-5-13(17)16-8-11(9-16)7-14(18)19/h1-3,6,11H,4-5,7-9,15H2,(H,18,19). The topological polar surface area (TPSA) is 83.6 Å². The Morgan fingerprint density at radius 2 is 2.11 bits per heavy atom. The molecule has 102 valence electrons. The van der Waals surface area contributed by atoms with Crippen LogP contribution in [0.25, 0.3) is 0 Å². The maximum absolute atomic E-state index is 11.9. The van der Waals surface area contributed by atoms with Crippen LogP contribution in [-0.4, -0.2) is 35.0 Å². The van der Waals surface area contributed by atoms with Crippen molar-refractivity contribution in [2.75, 3.05) is 18.8 Å². The molecule has 3 N–H and O–H groups in total. The molecule has 5 heteroatoms. The predicted octanol–water partition coefficient (Wildman–Crippen LogP) is 1.13. The normalized spacial score (nSPS) is 15.1. The summed E-state index contributed by atoms with van der Waals surface area (Å²) in [5.74, 6) is -0.588. The van der Waals surface area contributed by atoms with E-state index in [0.29, 0.717) is 31.6 Å². The number of hydrogen-bond acceptors (Lipinski definition) is 3. The van der Waals surface area contributed by atoms with Gasteiger partial charge in [0.1, 0.15) is 0 Å². The zero-order chi connectivity index (χ0) is 13.8. The van der Waals surface area contributed by atoms with Crippen molar-refractivity contribution in [1.82, 2.24) is 4.90 Å². The number of hydrogen-bond donors (Lipinski definition) is 2. The maximum atomic E-state index is 11.9. The van der Waals surface area contributed by atoms with E-state index in [1.165, 1.54) is 0 Å². The van der Waals surface area contributed by atoms with Crippen LogP contribution in [0, 0.1) is 5.92 Å². The first-order valence-corrected chi connectivity index (χ1v) is 6.38. The lowest BCUT2D eigenvalue weighted by Gasteiger charge is -2.38. The number of benzene rings is 1. The molecular weight excluding hydrogens is 244 g/mol. The molecule has 0 aliphatic carbocycles. The van der Waals surface area contributed by atoms with Crippen LogP contribution in [0.4, 0.5) is 5.69 Å². The molecule has 0 spiro atoms. The number of carbonyl (C=O) groups is 2. The number of anilines is 1. The number of carboxylic acid groups (broad SMARTS) is 1. The Balaban J connectivity index is 1.73. The average Bonchev–Trinajstić information content (AvgIpc) is 2.30. The second-order valence-corrected chi connectivity index (χ2v) is 5.01. The molecule has 1 fully saturated rings. The number of likely N-dealkylation sites (tertiary alicyclic amines) is 1. The molecule has 0 radical (unpaired) electrons. The van der Waals surface area contributed by atoms with Crippen LogP contribution in [0.1, 0.15) is 18.4 Å². The number of amides is 1. The molecule has 19 heavy (non-hydrogen) atoms. The molecule has 1 aromatic rings. The predicted molar refractivity (Wildman–Crippen MR) is 71.5 cm³/mol. The number of nitrogens with two attached hydrogens (primary N) is 1. The Kier molecular flexibility index (Phi) is 4.04. The lowest BCUT2D eigenvalue weighted by atomic mass is 9.95. The largest absolute Gasteiger partial charge is 0.481 e. The van der Waals surface area contributed by atoms with Gasteiger partial charge in [-0.3, -0.25) is 9.59 Å².